The molecule has 0 bridgehead atoms. The average molecular weight is 268 g/mol. The molecule has 5 nitrogen and oxygen atoms in total. The standard InChI is InChI=1S/C15H12N2O3/c1-10-7-11(4-6-17-10)8-13(15(19)20)14(18)12-3-2-5-16-9-12/h2-9H,1H3,(H,19,20)/b13-8+. The van der Waals surface area contributed by atoms with Crippen LogP contribution in [0.5, 0.6) is 0 Å². The van der Waals surface area contributed by atoms with Gasteiger partial charge in [0.2, 0.25) is 5.78 Å². The lowest BCUT2D eigenvalue weighted by atomic mass is 10.0. The largest absolute Gasteiger partial charge is 0.478 e. The number of aryl methyl sites for hydroxylation is 1. The molecule has 100 valence electrons. The van der Waals surface area contributed by atoms with Gasteiger partial charge in [-0.3, -0.25) is 14.8 Å². The molecule has 0 aliphatic rings. The van der Waals surface area contributed by atoms with Crippen LogP contribution in [0.15, 0.2) is 48.4 Å². The minimum atomic E-state index is -1.27. The van der Waals surface area contributed by atoms with E-state index in [1.165, 1.54) is 24.5 Å². The summed E-state index contributed by atoms with van der Waals surface area (Å²) >= 11 is 0. The summed E-state index contributed by atoms with van der Waals surface area (Å²) in [5.41, 5.74) is 1.31. The highest BCUT2D eigenvalue weighted by Crippen LogP contribution is 2.13. The van der Waals surface area contributed by atoms with Crippen LogP contribution in [0.25, 0.3) is 6.08 Å². The van der Waals surface area contributed by atoms with Crippen LogP contribution in [0, 0.1) is 6.92 Å². The summed E-state index contributed by atoms with van der Waals surface area (Å²) in [6, 6.07) is 6.47. The fourth-order valence-electron chi connectivity index (χ4n) is 1.70. The molecule has 0 saturated carbocycles. The van der Waals surface area contributed by atoms with Crippen LogP contribution in [0.2, 0.25) is 0 Å². The van der Waals surface area contributed by atoms with Gasteiger partial charge in [0.05, 0.1) is 0 Å². The number of carboxylic acid groups (broad SMARTS) is 1. The molecule has 0 saturated heterocycles. The van der Waals surface area contributed by atoms with Gasteiger partial charge < -0.3 is 5.11 Å². The third kappa shape index (κ3) is 3.14. The van der Waals surface area contributed by atoms with Gasteiger partial charge in [-0.1, -0.05) is 0 Å². The summed E-state index contributed by atoms with van der Waals surface area (Å²) in [5.74, 6) is -1.84. The first-order valence-corrected chi connectivity index (χ1v) is 5.90. The number of Topliss-reactive ketones (excluding diaryl/α,β-unsaturated/α-hetero) is 1. The number of carbonyl (C=O) groups is 2. The zero-order valence-electron chi connectivity index (χ0n) is 10.8. The molecule has 0 radical (unpaired) electrons. The molecule has 0 fully saturated rings. The van der Waals surface area contributed by atoms with Gasteiger partial charge >= 0.3 is 5.97 Å². The lowest BCUT2D eigenvalue weighted by Gasteiger charge is -2.02. The lowest BCUT2D eigenvalue weighted by molar-refractivity contribution is -0.132. The van der Waals surface area contributed by atoms with E-state index >= 15 is 0 Å². The molecule has 20 heavy (non-hydrogen) atoms. The highest BCUT2D eigenvalue weighted by atomic mass is 16.4. The highest BCUT2D eigenvalue weighted by Gasteiger charge is 2.19. The maximum absolute atomic E-state index is 12.2. The second-order valence-electron chi connectivity index (χ2n) is 4.16. The van der Waals surface area contributed by atoms with Gasteiger partial charge in [0.25, 0.3) is 0 Å². The number of carboxylic acids is 1. The van der Waals surface area contributed by atoms with Crippen molar-refractivity contribution >= 4 is 17.8 Å². The molecule has 0 atom stereocenters. The van der Waals surface area contributed by atoms with E-state index in [2.05, 4.69) is 9.97 Å². The number of hydrogen-bond donors (Lipinski definition) is 1. The van der Waals surface area contributed by atoms with E-state index in [1.54, 1.807) is 31.3 Å². The van der Waals surface area contributed by atoms with Crippen molar-refractivity contribution in [1.82, 2.24) is 9.97 Å². The van der Waals surface area contributed by atoms with Gasteiger partial charge in [-0.05, 0) is 42.8 Å². The molecule has 0 aliphatic heterocycles. The van der Waals surface area contributed by atoms with Crippen LogP contribution in [0.3, 0.4) is 0 Å². The van der Waals surface area contributed by atoms with E-state index in [1.807, 2.05) is 0 Å². The summed E-state index contributed by atoms with van der Waals surface area (Å²) in [6.45, 7) is 1.79. The predicted molar refractivity (Wildman–Crippen MR) is 73.2 cm³/mol. The van der Waals surface area contributed by atoms with Crippen molar-refractivity contribution in [2.24, 2.45) is 0 Å². The number of aliphatic carboxylic acids is 1. The predicted octanol–water partition coefficient (Wildman–Crippen LogP) is 2.14. The molecule has 0 amide bonds. The fraction of sp³-hybridized carbons (Fsp3) is 0.0667. The van der Waals surface area contributed by atoms with Crippen molar-refractivity contribution in [2.75, 3.05) is 0 Å². The van der Waals surface area contributed by atoms with Crippen LogP contribution in [0.4, 0.5) is 0 Å². The Morgan fingerprint density at radius 3 is 2.65 bits per heavy atom. The van der Waals surface area contributed by atoms with Gasteiger partial charge in [-0.25, -0.2) is 4.79 Å². The van der Waals surface area contributed by atoms with E-state index in [9.17, 15) is 14.7 Å². The van der Waals surface area contributed by atoms with Crippen molar-refractivity contribution in [3.8, 4) is 0 Å². The van der Waals surface area contributed by atoms with E-state index in [0.29, 0.717) is 5.56 Å². The Balaban J connectivity index is 2.42. The Bertz CT molecular complexity index is 679. The molecule has 2 aromatic heterocycles. The van der Waals surface area contributed by atoms with Gasteiger partial charge in [0, 0.05) is 29.8 Å². The first-order valence-electron chi connectivity index (χ1n) is 5.90. The number of hydrogen-bond acceptors (Lipinski definition) is 4. The molecule has 0 aromatic carbocycles. The molecule has 0 unspecified atom stereocenters. The molecule has 0 aliphatic carbocycles. The fourth-order valence-corrected chi connectivity index (χ4v) is 1.70. The van der Waals surface area contributed by atoms with Crippen molar-refractivity contribution < 1.29 is 14.7 Å². The van der Waals surface area contributed by atoms with Gasteiger partial charge in [-0.15, -0.1) is 0 Å². The topological polar surface area (TPSA) is 80.1 Å². The quantitative estimate of drug-likeness (QED) is 0.397. The Hall–Kier alpha value is -2.82. The second-order valence-corrected chi connectivity index (χ2v) is 4.16. The molecule has 5 heteroatoms. The minimum Gasteiger partial charge on any atom is -0.478 e. The van der Waals surface area contributed by atoms with Crippen molar-refractivity contribution in [3.63, 3.8) is 0 Å². The van der Waals surface area contributed by atoms with Crippen molar-refractivity contribution in [2.45, 2.75) is 6.92 Å². The monoisotopic (exact) mass is 268 g/mol. The smallest absolute Gasteiger partial charge is 0.339 e. The van der Waals surface area contributed by atoms with Gasteiger partial charge in [0.15, 0.2) is 0 Å². The van der Waals surface area contributed by atoms with Crippen LogP contribution in [0.1, 0.15) is 21.6 Å². The van der Waals surface area contributed by atoms with Crippen LogP contribution in [-0.2, 0) is 4.79 Å². The molecule has 1 N–H and O–H groups in total. The normalized spacial score (nSPS) is 11.2. The summed E-state index contributed by atoms with van der Waals surface area (Å²) in [4.78, 5) is 31.3. The first-order chi connectivity index (χ1) is 9.58. The molecule has 2 aromatic rings. The van der Waals surface area contributed by atoms with Crippen molar-refractivity contribution in [3.05, 3.63) is 65.2 Å². The number of nitrogens with zero attached hydrogens (tertiary/aromatic N) is 2. The number of rotatable bonds is 4. The maximum atomic E-state index is 12.2. The minimum absolute atomic E-state index is 0.243. The summed E-state index contributed by atoms with van der Waals surface area (Å²) in [6.07, 6.45) is 5.77. The highest BCUT2D eigenvalue weighted by molar-refractivity contribution is 6.26. The zero-order chi connectivity index (χ0) is 14.5. The van der Waals surface area contributed by atoms with Crippen LogP contribution >= 0.6 is 0 Å². The first kappa shape index (κ1) is 13.6. The lowest BCUT2D eigenvalue weighted by Crippen LogP contribution is -2.12. The SMILES string of the molecule is Cc1cc(/C=C(/C(=O)O)C(=O)c2cccnc2)ccn1. The Labute approximate surface area is 115 Å². The maximum Gasteiger partial charge on any atom is 0.339 e. The molecular formula is C15H12N2O3. The average Bonchev–Trinajstić information content (AvgIpc) is 2.45. The Morgan fingerprint density at radius 1 is 1.25 bits per heavy atom. The third-order valence-electron chi connectivity index (χ3n) is 2.63. The van der Waals surface area contributed by atoms with Gasteiger partial charge in [-0.2, -0.15) is 0 Å². The summed E-state index contributed by atoms with van der Waals surface area (Å²) < 4.78 is 0. The van der Waals surface area contributed by atoms with Crippen LogP contribution < -0.4 is 0 Å². The Kier molecular flexibility index (Phi) is 4.00. The number of carbonyl (C=O) groups excluding carboxylic acids is 1. The van der Waals surface area contributed by atoms with Crippen LogP contribution in [-0.4, -0.2) is 26.8 Å². The van der Waals surface area contributed by atoms with Gasteiger partial charge in [0.1, 0.15) is 5.57 Å². The van der Waals surface area contributed by atoms with E-state index < -0.39 is 11.8 Å². The molecule has 2 rings (SSSR count). The Morgan fingerprint density at radius 2 is 2.05 bits per heavy atom. The van der Waals surface area contributed by atoms with E-state index in [4.69, 9.17) is 0 Å². The number of pyridine rings is 2. The third-order valence-corrected chi connectivity index (χ3v) is 2.63. The number of ketones is 1. The molecule has 0 spiro atoms. The van der Waals surface area contributed by atoms with Crippen molar-refractivity contribution in [1.29, 1.82) is 0 Å². The van der Waals surface area contributed by atoms with E-state index in [-0.39, 0.29) is 11.1 Å². The second kappa shape index (κ2) is 5.88. The molecular weight excluding hydrogens is 256 g/mol. The van der Waals surface area contributed by atoms with E-state index in [0.717, 1.165) is 5.69 Å². The number of aromatic nitrogens is 2. The zero-order valence-corrected chi connectivity index (χ0v) is 10.8. The summed E-state index contributed by atoms with van der Waals surface area (Å²) in [7, 11) is 0. The molecule has 2 heterocycles. The summed E-state index contributed by atoms with van der Waals surface area (Å²) in [5, 5.41) is 9.21.